The molecule has 5 atom stereocenters. The number of fused-ring (bicyclic) bond motifs is 1. The number of rotatable bonds is 2. The largest absolute Gasteiger partial charge is 0.373 e. The summed E-state index contributed by atoms with van der Waals surface area (Å²) in [5.74, 6) is 0.915. The maximum atomic E-state index is 5.84. The van der Waals surface area contributed by atoms with Gasteiger partial charge < -0.3 is 10.1 Å². The van der Waals surface area contributed by atoms with Gasteiger partial charge in [0.25, 0.3) is 0 Å². The highest BCUT2D eigenvalue weighted by Crippen LogP contribution is 2.60. The van der Waals surface area contributed by atoms with Crippen molar-refractivity contribution >= 4 is 0 Å². The SMILES string of the molecule is CC1CN(C2C=CC([C@]34CNC[C@H]3C4)=CC2)CC(C)O1. The highest BCUT2D eigenvalue weighted by atomic mass is 16.5. The summed E-state index contributed by atoms with van der Waals surface area (Å²) in [7, 11) is 0. The summed E-state index contributed by atoms with van der Waals surface area (Å²) in [6.45, 7) is 8.94. The predicted octanol–water partition coefficient (Wildman–Crippen LogP) is 1.96. The Hall–Kier alpha value is -0.640. The van der Waals surface area contributed by atoms with Crippen molar-refractivity contribution in [2.75, 3.05) is 26.2 Å². The molecule has 110 valence electrons. The number of nitrogens with one attached hydrogen (secondary N) is 1. The minimum Gasteiger partial charge on any atom is -0.373 e. The molecule has 0 bridgehead atoms. The normalized spacial score (nSPS) is 48.0. The summed E-state index contributed by atoms with van der Waals surface area (Å²) in [6, 6.07) is 0.579. The molecule has 1 N–H and O–H groups in total. The van der Waals surface area contributed by atoms with E-state index in [1.807, 2.05) is 0 Å². The lowest BCUT2D eigenvalue weighted by atomic mass is 9.88. The van der Waals surface area contributed by atoms with Gasteiger partial charge >= 0.3 is 0 Å². The van der Waals surface area contributed by atoms with Gasteiger partial charge in [-0.2, -0.15) is 0 Å². The Morgan fingerprint density at radius 1 is 1.30 bits per heavy atom. The molecule has 20 heavy (non-hydrogen) atoms. The first-order valence-electron chi connectivity index (χ1n) is 8.16. The predicted molar refractivity (Wildman–Crippen MR) is 80.6 cm³/mol. The number of nitrogens with zero attached hydrogens (tertiary/aromatic N) is 1. The average molecular weight is 274 g/mol. The number of allylic oxidation sites excluding steroid dienone is 1. The molecule has 1 saturated carbocycles. The van der Waals surface area contributed by atoms with Gasteiger partial charge in [-0.05, 0) is 44.7 Å². The van der Waals surface area contributed by atoms with Gasteiger partial charge in [0.15, 0.2) is 0 Å². The molecule has 2 saturated heterocycles. The zero-order valence-electron chi connectivity index (χ0n) is 12.6. The third kappa shape index (κ3) is 2.07. The van der Waals surface area contributed by atoms with Gasteiger partial charge in [0.1, 0.15) is 0 Å². The van der Waals surface area contributed by atoms with E-state index in [0.717, 1.165) is 19.0 Å². The van der Waals surface area contributed by atoms with Crippen LogP contribution in [0.15, 0.2) is 23.8 Å². The maximum absolute atomic E-state index is 5.84. The molecule has 0 aromatic heterocycles. The van der Waals surface area contributed by atoms with Gasteiger partial charge in [0.05, 0.1) is 12.2 Å². The van der Waals surface area contributed by atoms with Crippen LogP contribution in [-0.4, -0.2) is 49.3 Å². The Kier molecular flexibility index (Phi) is 3.06. The minimum absolute atomic E-state index is 0.364. The number of hydrogen-bond donors (Lipinski definition) is 1. The Morgan fingerprint density at radius 3 is 2.65 bits per heavy atom. The summed E-state index contributed by atoms with van der Waals surface area (Å²) in [5, 5.41) is 3.54. The van der Waals surface area contributed by atoms with E-state index in [9.17, 15) is 0 Å². The van der Waals surface area contributed by atoms with Gasteiger partial charge in [-0.1, -0.05) is 18.2 Å². The molecule has 0 spiro atoms. The van der Waals surface area contributed by atoms with Crippen LogP contribution >= 0.6 is 0 Å². The summed E-state index contributed by atoms with van der Waals surface area (Å²) in [5.41, 5.74) is 2.13. The Labute approximate surface area is 122 Å². The summed E-state index contributed by atoms with van der Waals surface area (Å²) < 4.78 is 5.84. The molecule has 0 amide bonds. The first kappa shape index (κ1) is 13.1. The third-order valence-corrected chi connectivity index (χ3v) is 5.63. The Balaban J connectivity index is 1.42. The molecule has 4 rings (SSSR count). The van der Waals surface area contributed by atoms with E-state index >= 15 is 0 Å². The fraction of sp³-hybridized carbons (Fsp3) is 0.765. The van der Waals surface area contributed by atoms with Crippen molar-refractivity contribution in [1.29, 1.82) is 0 Å². The highest BCUT2D eigenvalue weighted by Gasteiger charge is 2.58. The van der Waals surface area contributed by atoms with Gasteiger partial charge in [-0.15, -0.1) is 0 Å². The van der Waals surface area contributed by atoms with Crippen LogP contribution < -0.4 is 5.32 Å². The lowest BCUT2D eigenvalue weighted by molar-refractivity contribution is -0.0751. The van der Waals surface area contributed by atoms with E-state index in [1.165, 1.54) is 25.9 Å². The van der Waals surface area contributed by atoms with E-state index in [4.69, 9.17) is 4.74 Å². The topological polar surface area (TPSA) is 24.5 Å². The van der Waals surface area contributed by atoms with Crippen LogP contribution in [0.1, 0.15) is 26.7 Å². The van der Waals surface area contributed by atoms with Crippen molar-refractivity contribution < 1.29 is 4.74 Å². The van der Waals surface area contributed by atoms with Crippen molar-refractivity contribution in [1.82, 2.24) is 10.2 Å². The maximum Gasteiger partial charge on any atom is 0.0678 e. The van der Waals surface area contributed by atoms with Crippen LogP contribution in [0.5, 0.6) is 0 Å². The summed E-state index contributed by atoms with van der Waals surface area (Å²) in [4.78, 5) is 2.59. The van der Waals surface area contributed by atoms with Crippen LogP contribution in [-0.2, 0) is 4.74 Å². The number of piperidine rings is 1. The quantitative estimate of drug-likeness (QED) is 0.833. The minimum atomic E-state index is 0.364. The summed E-state index contributed by atoms with van der Waals surface area (Å²) >= 11 is 0. The van der Waals surface area contributed by atoms with Gasteiger partial charge in [-0.3, -0.25) is 4.90 Å². The van der Waals surface area contributed by atoms with Crippen LogP contribution in [0.4, 0.5) is 0 Å². The highest BCUT2D eigenvalue weighted by molar-refractivity contribution is 5.39. The zero-order valence-corrected chi connectivity index (χ0v) is 12.6. The molecule has 0 aromatic rings. The second-order valence-electron chi connectivity index (χ2n) is 7.22. The summed E-state index contributed by atoms with van der Waals surface area (Å²) in [6.07, 6.45) is 10.7. The van der Waals surface area contributed by atoms with Crippen LogP contribution in [0.2, 0.25) is 0 Å². The van der Waals surface area contributed by atoms with Crippen molar-refractivity contribution in [2.45, 2.75) is 44.9 Å². The number of hydrogen-bond acceptors (Lipinski definition) is 3. The molecule has 2 aliphatic carbocycles. The molecular formula is C17H26N2O. The van der Waals surface area contributed by atoms with Crippen molar-refractivity contribution in [2.24, 2.45) is 11.3 Å². The van der Waals surface area contributed by atoms with E-state index in [2.05, 4.69) is 42.3 Å². The van der Waals surface area contributed by atoms with E-state index in [0.29, 0.717) is 23.7 Å². The van der Waals surface area contributed by atoms with Gasteiger partial charge in [-0.25, -0.2) is 0 Å². The Bertz CT molecular complexity index is 448. The van der Waals surface area contributed by atoms with Crippen LogP contribution in [0.25, 0.3) is 0 Å². The lowest BCUT2D eigenvalue weighted by Gasteiger charge is -2.40. The first-order valence-corrected chi connectivity index (χ1v) is 8.16. The molecule has 3 fully saturated rings. The molecule has 3 heteroatoms. The molecule has 2 heterocycles. The standard InChI is InChI=1S/C17H26N2O/c1-12-9-19(10-13(2)20-12)16-5-3-14(4-6-16)17-7-15(17)8-18-11-17/h3-5,12-13,15-16,18H,6-11H2,1-2H3/t12?,13?,15-,16?,17+/m1/s1. The third-order valence-electron chi connectivity index (χ3n) is 5.63. The van der Waals surface area contributed by atoms with Crippen molar-refractivity contribution in [3.05, 3.63) is 23.8 Å². The fourth-order valence-corrected chi connectivity index (χ4v) is 4.53. The molecule has 4 aliphatic rings. The van der Waals surface area contributed by atoms with Crippen molar-refractivity contribution in [3.63, 3.8) is 0 Å². The molecule has 3 unspecified atom stereocenters. The van der Waals surface area contributed by atoms with E-state index in [1.54, 1.807) is 5.57 Å². The Morgan fingerprint density at radius 2 is 2.10 bits per heavy atom. The van der Waals surface area contributed by atoms with Gasteiger partial charge in [0.2, 0.25) is 0 Å². The molecule has 0 radical (unpaired) electrons. The van der Waals surface area contributed by atoms with Crippen LogP contribution in [0, 0.1) is 11.3 Å². The lowest BCUT2D eigenvalue weighted by Crippen LogP contribution is -2.49. The second kappa shape index (κ2) is 4.69. The van der Waals surface area contributed by atoms with Crippen molar-refractivity contribution in [3.8, 4) is 0 Å². The first-order chi connectivity index (χ1) is 9.67. The fourth-order valence-electron chi connectivity index (χ4n) is 4.53. The molecule has 2 aliphatic heterocycles. The number of ether oxygens (including phenoxy) is 1. The number of morpholine rings is 1. The molecule has 3 nitrogen and oxygen atoms in total. The molecular weight excluding hydrogens is 248 g/mol. The van der Waals surface area contributed by atoms with E-state index < -0.39 is 0 Å². The molecule has 0 aromatic carbocycles. The second-order valence-corrected chi connectivity index (χ2v) is 7.22. The average Bonchev–Trinajstić information content (AvgIpc) is 3.00. The van der Waals surface area contributed by atoms with E-state index in [-0.39, 0.29) is 0 Å². The van der Waals surface area contributed by atoms with Crippen LogP contribution in [0.3, 0.4) is 0 Å². The monoisotopic (exact) mass is 274 g/mol. The van der Waals surface area contributed by atoms with Gasteiger partial charge in [0, 0.05) is 31.1 Å². The smallest absolute Gasteiger partial charge is 0.0678 e. The zero-order chi connectivity index (χ0) is 13.7.